The Hall–Kier alpha value is -1.51. The lowest BCUT2D eigenvalue weighted by atomic mass is 9.90. The first-order valence-corrected chi connectivity index (χ1v) is 4.43. The van der Waals surface area contributed by atoms with Crippen LogP contribution in [0.25, 0.3) is 10.4 Å². The first-order valence-electron chi connectivity index (χ1n) is 4.43. The molecule has 74 valence electrons. The van der Waals surface area contributed by atoms with Gasteiger partial charge in [0.25, 0.3) is 0 Å². The van der Waals surface area contributed by atoms with Crippen molar-refractivity contribution in [2.45, 2.75) is 25.4 Å². The molecular formula is C10H14N4. The summed E-state index contributed by atoms with van der Waals surface area (Å²) in [6.45, 7) is 3.69. The third-order valence-corrected chi connectivity index (χ3v) is 1.99. The van der Waals surface area contributed by atoms with Gasteiger partial charge in [0.15, 0.2) is 0 Å². The van der Waals surface area contributed by atoms with Gasteiger partial charge >= 0.3 is 0 Å². The summed E-state index contributed by atoms with van der Waals surface area (Å²) in [6.07, 6.45) is 0. The van der Waals surface area contributed by atoms with Crippen LogP contribution >= 0.6 is 0 Å². The molecule has 1 aromatic rings. The van der Waals surface area contributed by atoms with Crippen molar-refractivity contribution in [1.29, 1.82) is 0 Å². The van der Waals surface area contributed by atoms with Gasteiger partial charge in [0.05, 0.1) is 6.04 Å². The van der Waals surface area contributed by atoms with E-state index in [2.05, 4.69) is 10.0 Å². The molecule has 1 aromatic carbocycles. The van der Waals surface area contributed by atoms with Gasteiger partial charge in [-0.05, 0) is 24.9 Å². The second-order valence-corrected chi connectivity index (χ2v) is 3.84. The molecule has 0 aliphatic heterocycles. The zero-order valence-electron chi connectivity index (χ0n) is 8.38. The average molecular weight is 190 g/mol. The van der Waals surface area contributed by atoms with Crippen LogP contribution in [-0.4, -0.2) is 5.54 Å². The van der Waals surface area contributed by atoms with Crippen molar-refractivity contribution in [2.75, 3.05) is 0 Å². The van der Waals surface area contributed by atoms with Crippen molar-refractivity contribution in [3.8, 4) is 0 Å². The minimum absolute atomic E-state index is 0.325. The van der Waals surface area contributed by atoms with E-state index in [-0.39, 0.29) is 6.04 Å². The molecule has 1 unspecified atom stereocenters. The van der Waals surface area contributed by atoms with Crippen LogP contribution in [0.3, 0.4) is 0 Å². The van der Waals surface area contributed by atoms with Crippen LogP contribution in [0.5, 0.6) is 0 Å². The normalized spacial score (nSPS) is 13.1. The smallest absolute Gasteiger partial charge is 0.0799 e. The van der Waals surface area contributed by atoms with E-state index < -0.39 is 5.54 Å². The molecule has 0 saturated carbocycles. The summed E-state index contributed by atoms with van der Waals surface area (Å²) < 4.78 is 0. The largest absolute Gasteiger partial charge is 0.325 e. The second-order valence-electron chi connectivity index (χ2n) is 3.84. The van der Waals surface area contributed by atoms with Crippen LogP contribution in [0.2, 0.25) is 0 Å². The number of nitrogens with two attached hydrogens (primary N) is 1. The zero-order chi connectivity index (χ0) is 10.6. The highest BCUT2D eigenvalue weighted by Crippen LogP contribution is 2.27. The Morgan fingerprint density at radius 1 is 1.36 bits per heavy atom. The summed E-state index contributed by atoms with van der Waals surface area (Å²) in [4.78, 5) is 2.82. The van der Waals surface area contributed by atoms with Gasteiger partial charge < -0.3 is 5.73 Å². The molecule has 0 heterocycles. The number of nitrogens with zero attached hydrogens (tertiary/aromatic N) is 3. The molecule has 1 rings (SSSR count). The maximum atomic E-state index is 8.46. The molecule has 0 aromatic heterocycles. The number of azide groups is 1. The molecule has 0 bridgehead atoms. The third-order valence-electron chi connectivity index (χ3n) is 1.99. The Morgan fingerprint density at radius 2 is 1.93 bits per heavy atom. The zero-order valence-corrected chi connectivity index (χ0v) is 8.38. The van der Waals surface area contributed by atoms with E-state index in [4.69, 9.17) is 11.3 Å². The van der Waals surface area contributed by atoms with Crippen molar-refractivity contribution in [3.05, 3.63) is 46.3 Å². The van der Waals surface area contributed by atoms with Crippen molar-refractivity contribution < 1.29 is 0 Å². The summed E-state index contributed by atoms with van der Waals surface area (Å²) in [5.74, 6) is 0. The van der Waals surface area contributed by atoms with E-state index in [0.29, 0.717) is 0 Å². The summed E-state index contributed by atoms with van der Waals surface area (Å²) >= 11 is 0. The van der Waals surface area contributed by atoms with E-state index in [1.54, 1.807) is 0 Å². The van der Waals surface area contributed by atoms with Crippen LogP contribution in [0.4, 0.5) is 0 Å². The molecule has 0 amide bonds. The topological polar surface area (TPSA) is 74.8 Å². The van der Waals surface area contributed by atoms with Crippen molar-refractivity contribution in [3.63, 3.8) is 0 Å². The van der Waals surface area contributed by atoms with E-state index in [1.807, 2.05) is 44.2 Å². The summed E-state index contributed by atoms with van der Waals surface area (Å²) in [5, 5.41) is 3.72. The van der Waals surface area contributed by atoms with Gasteiger partial charge in [0.2, 0.25) is 0 Å². The molecule has 0 spiro atoms. The lowest BCUT2D eigenvalue weighted by Crippen LogP contribution is -2.38. The highest BCUT2D eigenvalue weighted by atomic mass is 15.2. The van der Waals surface area contributed by atoms with E-state index in [9.17, 15) is 0 Å². The van der Waals surface area contributed by atoms with Crippen LogP contribution in [0.15, 0.2) is 35.4 Å². The van der Waals surface area contributed by atoms with Gasteiger partial charge in [-0.2, -0.15) is 0 Å². The molecule has 0 aliphatic carbocycles. The van der Waals surface area contributed by atoms with Crippen LogP contribution in [-0.2, 0) is 0 Å². The molecule has 14 heavy (non-hydrogen) atoms. The Bertz CT molecular complexity index is 333. The second kappa shape index (κ2) is 4.13. The molecule has 1 atom stereocenters. The molecule has 4 nitrogen and oxygen atoms in total. The Kier molecular flexibility index (Phi) is 3.12. The van der Waals surface area contributed by atoms with E-state index >= 15 is 0 Å². The SMILES string of the molecule is CC(C)(N)C(N=[N+]=[N-])c1ccccc1. The van der Waals surface area contributed by atoms with Gasteiger partial charge in [0.1, 0.15) is 0 Å². The molecule has 0 fully saturated rings. The predicted octanol–water partition coefficient (Wildman–Crippen LogP) is 2.78. The van der Waals surface area contributed by atoms with Crippen molar-refractivity contribution in [2.24, 2.45) is 10.8 Å². The van der Waals surface area contributed by atoms with Gasteiger partial charge in [-0.1, -0.05) is 35.4 Å². The summed E-state index contributed by atoms with van der Waals surface area (Å²) in [7, 11) is 0. The quantitative estimate of drug-likeness (QED) is 0.444. The Labute approximate surface area is 83.4 Å². The lowest BCUT2D eigenvalue weighted by Gasteiger charge is -2.26. The van der Waals surface area contributed by atoms with Crippen LogP contribution < -0.4 is 5.73 Å². The fraction of sp³-hybridized carbons (Fsp3) is 0.400. The maximum Gasteiger partial charge on any atom is 0.0799 e. The minimum Gasteiger partial charge on any atom is -0.325 e. The highest BCUT2D eigenvalue weighted by molar-refractivity contribution is 5.22. The number of hydrogen-bond donors (Lipinski definition) is 1. The van der Waals surface area contributed by atoms with Crippen LogP contribution in [0, 0.1) is 0 Å². The number of benzene rings is 1. The first kappa shape index (κ1) is 10.6. The first-order chi connectivity index (χ1) is 6.55. The van der Waals surface area contributed by atoms with Crippen LogP contribution in [0.1, 0.15) is 25.5 Å². The molecule has 0 radical (unpaired) electrons. The van der Waals surface area contributed by atoms with Gasteiger partial charge in [-0.15, -0.1) is 0 Å². The molecule has 4 heteroatoms. The van der Waals surface area contributed by atoms with Crippen molar-refractivity contribution >= 4 is 0 Å². The monoisotopic (exact) mass is 190 g/mol. The lowest BCUT2D eigenvalue weighted by molar-refractivity contribution is 0.419. The van der Waals surface area contributed by atoms with E-state index in [1.165, 1.54) is 0 Å². The fourth-order valence-corrected chi connectivity index (χ4v) is 1.33. The van der Waals surface area contributed by atoms with E-state index in [0.717, 1.165) is 5.56 Å². The molecular weight excluding hydrogens is 176 g/mol. The molecule has 0 aliphatic rings. The third kappa shape index (κ3) is 2.49. The minimum atomic E-state index is -0.548. The van der Waals surface area contributed by atoms with Gasteiger partial charge in [-0.25, -0.2) is 0 Å². The maximum absolute atomic E-state index is 8.46. The number of rotatable bonds is 3. The Morgan fingerprint density at radius 3 is 2.36 bits per heavy atom. The Balaban J connectivity index is 3.07. The van der Waals surface area contributed by atoms with Gasteiger partial charge in [0, 0.05) is 10.5 Å². The summed E-state index contributed by atoms with van der Waals surface area (Å²) in [6, 6.07) is 9.22. The fourth-order valence-electron chi connectivity index (χ4n) is 1.33. The molecule has 0 saturated heterocycles. The standard InChI is InChI=1S/C10H14N4/c1-10(2,11)9(13-14-12)8-6-4-3-5-7-8/h3-7,9H,11H2,1-2H3. The highest BCUT2D eigenvalue weighted by Gasteiger charge is 2.25. The molecule has 2 N–H and O–H groups in total. The van der Waals surface area contributed by atoms with Crippen molar-refractivity contribution in [1.82, 2.24) is 0 Å². The average Bonchev–Trinajstić information content (AvgIpc) is 2.14. The summed E-state index contributed by atoms with van der Waals surface area (Å²) in [5.41, 5.74) is 14.8. The number of hydrogen-bond acceptors (Lipinski definition) is 2. The predicted molar refractivity (Wildman–Crippen MR) is 56.6 cm³/mol. The van der Waals surface area contributed by atoms with Gasteiger partial charge in [-0.3, -0.25) is 0 Å².